The van der Waals surface area contributed by atoms with E-state index >= 15 is 0 Å². The van der Waals surface area contributed by atoms with Crippen molar-refractivity contribution in [2.75, 3.05) is 6.26 Å². The largest absolute Gasteiger partial charge is 0.286 e. The maximum atomic E-state index is 13.1. The molecule has 0 N–H and O–H groups in total. The van der Waals surface area contributed by atoms with E-state index in [9.17, 15) is 22.9 Å². The summed E-state index contributed by atoms with van der Waals surface area (Å²) in [6.45, 7) is 0. The van der Waals surface area contributed by atoms with Crippen molar-refractivity contribution < 1.29 is 17.7 Å². The molecule has 0 heterocycles. The molecule has 0 unspecified atom stereocenters. The van der Waals surface area contributed by atoms with Crippen molar-refractivity contribution in [1.82, 2.24) is 0 Å². The van der Waals surface area contributed by atoms with Crippen LogP contribution in [0.2, 0.25) is 0 Å². The average Bonchev–Trinajstić information content (AvgIpc) is 2.40. The fourth-order valence-electron chi connectivity index (χ4n) is 1.68. The highest BCUT2D eigenvalue weighted by atomic mass is 32.2. The first-order valence-electron chi connectivity index (χ1n) is 5.70. The number of nitro groups is 1. The van der Waals surface area contributed by atoms with Crippen LogP contribution in [-0.2, 0) is 9.84 Å². The van der Waals surface area contributed by atoms with E-state index in [0.717, 1.165) is 30.2 Å². The molecule has 0 spiro atoms. The van der Waals surface area contributed by atoms with Gasteiger partial charge in [-0.2, -0.15) is 0 Å². The number of halogens is 1. The predicted octanol–water partition coefficient (Wildman–Crippen LogP) is 3.29. The number of rotatable bonds is 4. The van der Waals surface area contributed by atoms with Gasteiger partial charge in [0, 0.05) is 11.2 Å². The molecule has 110 valence electrons. The number of benzene rings is 2. The fraction of sp³-hybridized carbons (Fsp3) is 0.0769. The Labute approximate surface area is 124 Å². The maximum absolute atomic E-state index is 13.1. The minimum atomic E-state index is -3.46. The third-order valence-electron chi connectivity index (χ3n) is 2.59. The summed E-state index contributed by atoms with van der Waals surface area (Å²) >= 11 is 0.917. The van der Waals surface area contributed by atoms with E-state index in [1.807, 2.05) is 0 Å². The van der Waals surface area contributed by atoms with Crippen molar-refractivity contribution >= 4 is 27.3 Å². The average molecular weight is 327 g/mol. The van der Waals surface area contributed by atoms with Gasteiger partial charge in [-0.05, 0) is 24.3 Å². The maximum Gasteiger partial charge on any atom is 0.286 e. The molecule has 0 aliphatic rings. The van der Waals surface area contributed by atoms with Gasteiger partial charge >= 0.3 is 0 Å². The smallest absolute Gasteiger partial charge is 0.258 e. The van der Waals surface area contributed by atoms with E-state index in [-0.39, 0.29) is 9.79 Å². The summed E-state index contributed by atoms with van der Waals surface area (Å²) in [7, 11) is -3.46. The van der Waals surface area contributed by atoms with Crippen LogP contribution in [0.4, 0.5) is 10.1 Å². The van der Waals surface area contributed by atoms with Gasteiger partial charge in [0.15, 0.2) is 9.84 Å². The first kappa shape index (κ1) is 15.5. The molecule has 21 heavy (non-hydrogen) atoms. The summed E-state index contributed by atoms with van der Waals surface area (Å²) in [5.74, 6) is -0.720. The standard InChI is InChI=1S/C13H10FNO4S2/c1-21(18,19)13-5-3-2-4-12(13)20-11-7-6-9(14)8-10(11)15(16)17/h2-8H,1H3. The molecule has 5 nitrogen and oxygen atoms in total. The van der Waals surface area contributed by atoms with Gasteiger partial charge in [-0.3, -0.25) is 10.1 Å². The van der Waals surface area contributed by atoms with Gasteiger partial charge in [-0.15, -0.1) is 0 Å². The Balaban J connectivity index is 2.52. The molecular formula is C13H10FNO4S2. The van der Waals surface area contributed by atoms with Gasteiger partial charge < -0.3 is 0 Å². The van der Waals surface area contributed by atoms with Crippen LogP contribution in [0.3, 0.4) is 0 Å². The summed E-state index contributed by atoms with van der Waals surface area (Å²) in [4.78, 5) is 10.9. The lowest BCUT2D eigenvalue weighted by Gasteiger charge is -2.07. The van der Waals surface area contributed by atoms with E-state index in [4.69, 9.17) is 0 Å². The van der Waals surface area contributed by atoms with Crippen LogP contribution >= 0.6 is 11.8 Å². The van der Waals surface area contributed by atoms with Gasteiger partial charge in [-0.25, -0.2) is 12.8 Å². The van der Waals surface area contributed by atoms with E-state index in [0.29, 0.717) is 4.90 Å². The second kappa shape index (κ2) is 5.82. The number of hydrogen-bond donors (Lipinski definition) is 0. The van der Waals surface area contributed by atoms with Gasteiger partial charge in [0.05, 0.1) is 20.8 Å². The van der Waals surface area contributed by atoms with Crippen molar-refractivity contribution in [2.24, 2.45) is 0 Å². The molecule has 0 radical (unpaired) electrons. The lowest BCUT2D eigenvalue weighted by atomic mass is 10.3. The van der Waals surface area contributed by atoms with Gasteiger partial charge in [0.1, 0.15) is 5.82 Å². The van der Waals surface area contributed by atoms with Crippen LogP contribution in [0.15, 0.2) is 57.2 Å². The number of nitrogens with zero attached hydrogens (tertiary/aromatic N) is 1. The Hall–Kier alpha value is -1.93. The van der Waals surface area contributed by atoms with Crippen molar-refractivity contribution in [3.63, 3.8) is 0 Å². The Kier molecular flexibility index (Phi) is 4.29. The molecular weight excluding hydrogens is 317 g/mol. The molecule has 0 bridgehead atoms. The Morgan fingerprint density at radius 2 is 1.81 bits per heavy atom. The third kappa shape index (κ3) is 3.59. The Bertz CT molecular complexity index is 806. The zero-order chi connectivity index (χ0) is 15.6. The highest BCUT2D eigenvalue weighted by Gasteiger charge is 2.19. The Morgan fingerprint density at radius 1 is 1.14 bits per heavy atom. The van der Waals surface area contributed by atoms with Crippen LogP contribution in [0.5, 0.6) is 0 Å². The van der Waals surface area contributed by atoms with E-state index in [1.54, 1.807) is 18.2 Å². The van der Waals surface area contributed by atoms with Crippen molar-refractivity contribution in [3.05, 3.63) is 58.4 Å². The van der Waals surface area contributed by atoms with Crippen LogP contribution in [0.1, 0.15) is 0 Å². The third-order valence-corrected chi connectivity index (χ3v) is 5.01. The lowest BCUT2D eigenvalue weighted by Crippen LogP contribution is -1.99. The summed E-state index contributed by atoms with van der Waals surface area (Å²) in [5.41, 5.74) is -0.400. The molecule has 0 aromatic heterocycles. The second-order valence-electron chi connectivity index (χ2n) is 4.19. The highest BCUT2D eigenvalue weighted by Crippen LogP contribution is 2.37. The van der Waals surface area contributed by atoms with Crippen LogP contribution in [0, 0.1) is 15.9 Å². The molecule has 0 aliphatic heterocycles. The molecule has 2 aromatic carbocycles. The van der Waals surface area contributed by atoms with Crippen molar-refractivity contribution in [3.8, 4) is 0 Å². The van der Waals surface area contributed by atoms with Crippen LogP contribution in [-0.4, -0.2) is 19.6 Å². The molecule has 0 saturated heterocycles. The highest BCUT2D eigenvalue weighted by molar-refractivity contribution is 8.00. The minimum absolute atomic E-state index is 0.0774. The van der Waals surface area contributed by atoms with E-state index < -0.39 is 26.3 Å². The molecule has 0 saturated carbocycles. The first-order chi connectivity index (χ1) is 9.79. The summed E-state index contributed by atoms with van der Waals surface area (Å²) in [6.07, 6.45) is 1.06. The fourth-order valence-corrected chi connectivity index (χ4v) is 3.94. The monoisotopic (exact) mass is 327 g/mol. The zero-order valence-electron chi connectivity index (χ0n) is 10.8. The van der Waals surface area contributed by atoms with Gasteiger partial charge in [-0.1, -0.05) is 23.9 Å². The van der Waals surface area contributed by atoms with Gasteiger partial charge in [0.2, 0.25) is 0 Å². The van der Waals surface area contributed by atoms with E-state index in [1.165, 1.54) is 12.1 Å². The molecule has 2 rings (SSSR count). The quantitative estimate of drug-likeness (QED) is 0.636. The molecule has 0 atom stereocenters. The summed E-state index contributed by atoms with van der Waals surface area (Å²) in [6, 6.07) is 9.34. The number of nitro benzene ring substituents is 1. The van der Waals surface area contributed by atoms with Crippen molar-refractivity contribution in [2.45, 2.75) is 14.7 Å². The second-order valence-corrected chi connectivity index (χ2v) is 7.26. The predicted molar refractivity (Wildman–Crippen MR) is 76.7 cm³/mol. The van der Waals surface area contributed by atoms with Crippen LogP contribution < -0.4 is 0 Å². The van der Waals surface area contributed by atoms with Crippen molar-refractivity contribution in [1.29, 1.82) is 0 Å². The first-order valence-corrected chi connectivity index (χ1v) is 8.40. The number of sulfone groups is 1. The Morgan fingerprint density at radius 3 is 2.43 bits per heavy atom. The topological polar surface area (TPSA) is 77.3 Å². The lowest BCUT2D eigenvalue weighted by molar-refractivity contribution is -0.387. The molecule has 0 fully saturated rings. The molecule has 0 amide bonds. The van der Waals surface area contributed by atoms with E-state index in [2.05, 4.69) is 0 Å². The SMILES string of the molecule is CS(=O)(=O)c1ccccc1Sc1ccc(F)cc1[N+](=O)[O-]. The normalized spacial score (nSPS) is 11.3. The zero-order valence-corrected chi connectivity index (χ0v) is 12.4. The summed E-state index contributed by atoms with van der Waals surface area (Å²) < 4.78 is 36.5. The van der Waals surface area contributed by atoms with Crippen LogP contribution in [0.25, 0.3) is 0 Å². The molecule has 0 aliphatic carbocycles. The summed E-state index contributed by atoms with van der Waals surface area (Å²) in [5, 5.41) is 11.0. The molecule has 2 aromatic rings. The minimum Gasteiger partial charge on any atom is -0.258 e. The number of hydrogen-bond acceptors (Lipinski definition) is 5. The molecule has 8 heteroatoms. The van der Waals surface area contributed by atoms with Gasteiger partial charge in [0.25, 0.3) is 5.69 Å².